The minimum Gasteiger partial charge on any atom is -0.450 e. The topological polar surface area (TPSA) is 88.5 Å². The maximum absolute atomic E-state index is 14.2. The van der Waals surface area contributed by atoms with Crippen LogP contribution in [0.5, 0.6) is 0 Å². The Hall–Kier alpha value is -3.65. The van der Waals surface area contributed by atoms with E-state index in [0.29, 0.717) is 18.8 Å². The number of carbonyl (C=O) groups excluding carboxylic acids is 2. The Labute approximate surface area is 224 Å². The van der Waals surface area contributed by atoms with E-state index in [4.69, 9.17) is 9.72 Å². The van der Waals surface area contributed by atoms with Gasteiger partial charge in [-0.3, -0.25) is 4.79 Å². The van der Waals surface area contributed by atoms with Crippen LogP contribution in [0.4, 0.5) is 4.79 Å². The van der Waals surface area contributed by atoms with E-state index in [9.17, 15) is 9.59 Å². The molecular formula is C30H37N5O3. The van der Waals surface area contributed by atoms with Crippen LogP contribution in [0.1, 0.15) is 54.7 Å². The molecule has 8 heteroatoms. The van der Waals surface area contributed by atoms with Crippen LogP contribution in [0, 0.1) is 0 Å². The number of imidazole rings is 1. The van der Waals surface area contributed by atoms with Gasteiger partial charge < -0.3 is 24.8 Å². The summed E-state index contributed by atoms with van der Waals surface area (Å²) >= 11 is 0. The Bertz CT molecular complexity index is 1210. The predicted molar refractivity (Wildman–Crippen MR) is 147 cm³/mol. The maximum atomic E-state index is 14.2. The summed E-state index contributed by atoms with van der Waals surface area (Å²) in [6, 6.07) is 20.3. The lowest BCUT2D eigenvalue weighted by molar-refractivity contribution is 0.0631. The van der Waals surface area contributed by atoms with Gasteiger partial charge in [0, 0.05) is 31.2 Å². The second-order valence-corrected chi connectivity index (χ2v) is 10.1. The molecular weight excluding hydrogens is 478 g/mol. The first-order chi connectivity index (χ1) is 18.7. The first-order valence-corrected chi connectivity index (χ1v) is 13.8. The van der Waals surface area contributed by atoms with Crippen LogP contribution in [0.3, 0.4) is 0 Å². The number of nitrogens with one attached hydrogen (secondary N) is 2. The lowest BCUT2D eigenvalue weighted by Gasteiger charge is -2.36. The number of hydrogen-bond donors (Lipinski definition) is 2. The molecule has 1 aliphatic heterocycles. The molecule has 0 bridgehead atoms. The summed E-state index contributed by atoms with van der Waals surface area (Å²) in [4.78, 5) is 33.2. The number of ether oxygens (including phenoxy) is 1. The average Bonchev–Trinajstić information content (AvgIpc) is 3.39. The van der Waals surface area contributed by atoms with E-state index in [-0.39, 0.29) is 24.0 Å². The molecule has 2 heterocycles. The van der Waals surface area contributed by atoms with Gasteiger partial charge in [0.25, 0.3) is 5.91 Å². The van der Waals surface area contributed by atoms with Gasteiger partial charge in [0.15, 0.2) is 5.69 Å². The quantitative estimate of drug-likeness (QED) is 0.486. The normalized spacial score (nSPS) is 21.6. The summed E-state index contributed by atoms with van der Waals surface area (Å²) in [5.41, 5.74) is 3.44. The van der Waals surface area contributed by atoms with Crippen LogP contribution < -0.4 is 10.6 Å². The van der Waals surface area contributed by atoms with Crippen molar-refractivity contribution in [2.75, 3.05) is 26.2 Å². The van der Waals surface area contributed by atoms with Gasteiger partial charge in [0.05, 0.1) is 30.7 Å². The molecule has 2 aliphatic rings. The van der Waals surface area contributed by atoms with Gasteiger partial charge >= 0.3 is 6.09 Å². The highest BCUT2D eigenvalue weighted by Gasteiger charge is 2.35. The van der Waals surface area contributed by atoms with Crippen LogP contribution in [-0.4, -0.2) is 64.8 Å². The van der Waals surface area contributed by atoms with Crippen molar-refractivity contribution in [1.82, 2.24) is 25.1 Å². The van der Waals surface area contributed by atoms with Crippen molar-refractivity contribution in [1.29, 1.82) is 0 Å². The fourth-order valence-electron chi connectivity index (χ4n) is 5.82. The van der Waals surface area contributed by atoms with Gasteiger partial charge in [0.2, 0.25) is 0 Å². The van der Waals surface area contributed by atoms with Crippen LogP contribution >= 0.6 is 0 Å². The second-order valence-electron chi connectivity index (χ2n) is 10.1. The fourth-order valence-corrected chi connectivity index (χ4v) is 5.82. The molecule has 38 heavy (non-hydrogen) atoms. The lowest BCUT2D eigenvalue weighted by atomic mass is 9.89. The first kappa shape index (κ1) is 26.0. The summed E-state index contributed by atoms with van der Waals surface area (Å²) in [6.45, 7) is 4.27. The molecule has 200 valence electrons. The average molecular weight is 516 g/mol. The van der Waals surface area contributed by atoms with E-state index in [1.165, 1.54) is 5.56 Å². The zero-order chi connectivity index (χ0) is 26.3. The van der Waals surface area contributed by atoms with Crippen molar-refractivity contribution >= 4 is 12.0 Å². The highest BCUT2D eigenvalue weighted by atomic mass is 16.5. The molecule has 0 radical (unpaired) electrons. The van der Waals surface area contributed by atoms with Crippen molar-refractivity contribution in [2.24, 2.45) is 0 Å². The summed E-state index contributed by atoms with van der Waals surface area (Å²) in [5, 5.41) is 6.53. The van der Waals surface area contributed by atoms with Crippen LogP contribution in [0.25, 0.3) is 11.3 Å². The molecule has 0 spiro atoms. The van der Waals surface area contributed by atoms with Gasteiger partial charge in [-0.25, -0.2) is 9.78 Å². The van der Waals surface area contributed by atoms with E-state index >= 15 is 0 Å². The fraction of sp³-hybridized carbons (Fsp3) is 0.433. The number of rotatable bonds is 7. The zero-order valence-electron chi connectivity index (χ0n) is 22.0. The Balaban J connectivity index is 1.49. The SMILES string of the molecule is CCOC(=O)N[C@H]1CCCC[C@H]1n1cnc(C(=O)N2CCNC[C@H]2Cc2ccccc2)c1-c1ccccc1. The van der Waals surface area contributed by atoms with Crippen LogP contribution in [-0.2, 0) is 11.2 Å². The first-order valence-electron chi connectivity index (χ1n) is 13.8. The third kappa shape index (κ3) is 5.75. The van der Waals surface area contributed by atoms with E-state index in [1.807, 2.05) is 53.4 Å². The maximum Gasteiger partial charge on any atom is 0.407 e. The summed E-state index contributed by atoms with van der Waals surface area (Å²) in [6.07, 6.45) is 6.03. The minimum absolute atomic E-state index is 0.0134. The molecule has 2 aromatic carbocycles. The van der Waals surface area contributed by atoms with Gasteiger partial charge in [-0.05, 0) is 31.7 Å². The third-order valence-electron chi connectivity index (χ3n) is 7.63. The molecule has 0 unspecified atom stereocenters. The Morgan fingerprint density at radius 1 is 1.05 bits per heavy atom. The Morgan fingerprint density at radius 3 is 2.55 bits per heavy atom. The third-order valence-corrected chi connectivity index (χ3v) is 7.63. The van der Waals surface area contributed by atoms with Crippen molar-refractivity contribution in [3.05, 3.63) is 78.2 Å². The summed E-state index contributed by atoms with van der Waals surface area (Å²) < 4.78 is 7.30. The Kier molecular flexibility index (Phi) is 8.38. The number of hydrogen-bond acceptors (Lipinski definition) is 5. The Morgan fingerprint density at radius 2 is 1.79 bits per heavy atom. The van der Waals surface area contributed by atoms with Gasteiger partial charge in [-0.2, -0.15) is 0 Å². The molecule has 1 aliphatic carbocycles. The van der Waals surface area contributed by atoms with E-state index in [0.717, 1.165) is 56.5 Å². The van der Waals surface area contributed by atoms with Crippen molar-refractivity contribution < 1.29 is 14.3 Å². The minimum atomic E-state index is -0.397. The van der Waals surface area contributed by atoms with E-state index in [2.05, 4.69) is 27.3 Å². The van der Waals surface area contributed by atoms with E-state index in [1.54, 1.807) is 13.3 Å². The summed E-state index contributed by atoms with van der Waals surface area (Å²) in [7, 11) is 0. The number of alkyl carbamates (subject to hydrolysis) is 1. The van der Waals surface area contributed by atoms with E-state index < -0.39 is 6.09 Å². The van der Waals surface area contributed by atoms with Gasteiger partial charge in [-0.15, -0.1) is 0 Å². The van der Waals surface area contributed by atoms with Gasteiger partial charge in [0.1, 0.15) is 0 Å². The van der Waals surface area contributed by atoms with Crippen molar-refractivity contribution in [2.45, 2.75) is 57.2 Å². The zero-order valence-corrected chi connectivity index (χ0v) is 22.0. The molecule has 2 fully saturated rings. The monoisotopic (exact) mass is 515 g/mol. The predicted octanol–water partition coefficient (Wildman–Crippen LogP) is 4.44. The largest absolute Gasteiger partial charge is 0.450 e. The number of piperazine rings is 1. The number of nitrogens with zero attached hydrogens (tertiary/aromatic N) is 3. The molecule has 1 aromatic heterocycles. The molecule has 1 saturated heterocycles. The van der Waals surface area contributed by atoms with Crippen LogP contribution in [0.15, 0.2) is 67.0 Å². The highest BCUT2D eigenvalue weighted by Crippen LogP contribution is 2.35. The lowest BCUT2D eigenvalue weighted by Crippen LogP contribution is -2.54. The van der Waals surface area contributed by atoms with Gasteiger partial charge in [-0.1, -0.05) is 73.5 Å². The molecule has 1 saturated carbocycles. The number of amides is 2. The van der Waals surface area contributed by atoms with Crippen LogP contribution in [0.2, 0.25) is 0 Å². The number of benzene rings is 2. The molecule has 8 nitrogen and oxygen atoms in total. The molecule has 2 N–H and O–H groups in total. The number of aromatic nitrogens is 2. The molecule has 2 amide bonds. The van der Waals surface area contributed by atoms with Crippen molar-refractivity contribution in [3.8, 4) is 11.3 Å². The highest BCUT2D eigenvalue weighted by molar-refractivity contribution is 5.98. The summed E-state index contributed by atoms with van der Waals surface area (Å²) in [5.74, 6) is -0.0456. The smallest absolute Gasteiger partial charge is 0.407 e. The molecule has 3 aromatic rings. The van der Waals surface area contributed by atoms with Crippen molar-refractivity contribution in [3.63, 3.8) is 0 Å². The molecule has 5 rings (SSSR count). The number of carbonyl (C=O) groups is 2. The molecule has 3 atom stereocenters. The second kappa shape index (κ2) is 12.3. The standard InChI is InChI=1S/C30H37N5O3/c1-2-38-30(37)33-25-15-9-10-16-26(25)35-21-32-27(28(35)23-13-7-4-8-14-23)29(36)34-18-17-31-20-24(34)19-22-11-5-3-6-12-22/h3-8,11-14,21,24-26,31H,2,9-10,15-20H2,1H3,(H,33,37)/t24-,25+,26-/m1/s1.